The molecule has 1 saturated carbocycles. The molecule has 1 N–H and O–H groups in total. The summed E-state index contributed by atoms with van der Waals surface area (Å²) < 4.78 is 4.50. The maximum atomic E-state index is 12.2. The Hall–Kier alpha value is -3.41. The van der Waals surface area contributed by atoms with Crippen LogP contribution in [0.1, 0.15) is 58.3 Å². The summed E-state index contributed by atoms with van der Waals surface area (Å²) in [6.45, 7) is 3.38. The third kappa shape index (κ3) is 12.7. The topological polar surface area (TPSA) is 75.7 Å². The predicted octanol–water partition coefficient (Wildman–Crippen LogP) is 5.77. The number of carbonyl (C=O) groups excluding carboxylic acids is 3. The number of nitrogens with zero attached hydrogens (tertiary/aromatic N) is 1. The summed E-state index contributed by atoms with van der Waals surface area (Å²) in [6.07, 6.45) is 35.5. The van der Waals surface area contributed by atoms with Gasteiger partial charge in [-0.15, -0.1) is 0 Å². The first kappa shape index (κ1) is 30.8. The van der Waals surface area contributed by atoms with Crippen molar-refractivity contribution in [1.29, 1.82) is 0 Å². The molecule has 0 bridgehead atoms. The third-order valence-electron chi connectivity index (χ3n) is 6.53. The number of ether oxygens (including phenoxy) is 1. The van der Waals surface area contributed by atoms with Gasteiger partial charge in [0.1, 0.15) is 0 Å². The van der Waals surface area contributed by atoms with Gasteiger partial charge >= 0.3 is 5.97 Å². The van der Waals surface area contributed by atoms with Crippen LogP contribution in [0, 0.1) is 11.8 Å². The van der Waals surface area contributed by atoms with Crippen molar-refractivity contribution in [2.24, 2.45) is 11.8 Å². The first-order valence-corrected chi connectivity index (χ1v) is 13.8. The zero-order chi connectivity index (χ0) is 27.4. The van der Waals surface area contributed by atoms with Crippen LogP contribution in [-0.2, 0) is 19.1 Å². The molecule has 2 rings (SSSR count). The smallest absolute Gasteiger partial charge is 0.330 e. The van der Waals surface area contributed by atoms with Crippen molar-refractivity contribution < 1.29 is 19.1 Å². The van der Waals surface area contributed by atoms with E-state index in [2.05, 4.69) is 89.9 Å². The third-order valence-corrected chi connectivity index (χ3v) is 6.53. The Morgan fingerprint density at radius 1 is 0.737 bits per heavy atom. The van der Waals surface area contributed by atoms with Crippen LogP contribution >= 0.6 is 0 Å². The molecule has 0 aromatic rings. The van der Waals surface area contributed by atoms with Gasteiger partial charge in [0.2, 0.25) is 11.8 Å². The Morgan fingerprint density at radius 2 is 1.21 bits per heavy atom. The van der Waals surface area contributed by atoms with Crippen molar-refractivity contribution in [3.8, 4) is 0 Å². The molecule has 38 heavy (non-hydrogen) atoms. The standard InChI is InChI=1S/C32H44N2O4/c1-3-4-5-6-7-8-9-10-11-12-13-14-15-16-17-18-19-20-21-22-29(35)33-32-27-25-34(26-28(27)32)30(36)23-24-31(37)38-2/h4-5,7-8,10-11,13-14,16-17,19-20,23-24,27-28,32H,3,6,9,12,15,18,21-22,25-26H2,1-2H3,(H,33,35). The fraction of sp³-hybridized carbons (Fsp3) is 0.469. The SMILES string of the molecule is CCC=CCC=CCC=CCC=CCC=CCC=CCCC(=O)NC1C2CN(C(=O)C=CC(=O)OC)CC21. The molecule has 2 unspecified atom stereocenters. The summed E-state index contributed by atoms with van der Waals surface area (Å²) in [5.41, 5.74) is 0. The highest BCUT2D eigenvalue weighted by atomic mass is 16.5. The Labute approximate surface area is 228 Å². The highest BCUT2D eigenvalue weighted by Crippen LogP contribution is 2.45. The van der Waals surface area contributed by atoms with Gasteiger partial charge in [-0.25, -0.2) is 4.79 Å². The highest BCUT2D eigenvalue weighted by molar-refractivity contribution is 5.94. The molecule has 2 aliphatic rings. The zero-order valence-electron chi connectivity index (χ0n) is 23.0. The molecule has 2 atom stereocenters. The Morgan fingerprint density at radius 3 is 1.68 bits per heavy atom. The Bertz CT molecular complexity index is 943. The Balaban J connectivity index is 1.45. The number of amides is 2. The van der Waals surface area contributed by atoms with Crippen molar-refractivity contribution in [3.05, 3.63) is 85.1 Å². The molecule has 1 aliphatic carbocycles. The lowest BCUT2D eigenvalue weighted by Gasteiger charge is -2.18. The first-order chi connectivity index (χ1) is 18.6. The van der Waals surface area contributed by atoms with Gasteiger partial charge in [-0.3, -0.25) is 9.59 Å². The van der Waals surface area contributed by atoms with Gasteiger partial charge in [0.25, 0.3) is 0 Å². The van der Waals surface area contributed by atoms with Gasteiger partial charge < -0.3 is 15.0 Å². The zero-order valence-corrected chi connectivity index (χ0v) is 23.0. The number of carbonyl (C=O) groups is 3. The molecular weight excluding hydrogens is 476 g/mol. The molecule has 2 fully saturated rings. The van der Waals surface area contributed by atoms with Gasteiger partial charge in [0.05, 0.1) is 7.11 Å². The number of hydrogen-bond donors (Lipinski definition) is 1. The minimum atomic E-state index is -0.542. The lowest BCUT2D eigenvalue weighted by Crippen LogP contribution is -2.36. The fourth-order valence-electron chi connectivity index (χ4n) is 4.35. The van der Waals surface area contributed by atoms with Crippen LogP contribution < -0.4 is 5.32 Å². The minimum Gasteiger partial charge on any atom is -0.466 e. The predicted molar refractivity (Wildman–Crippen MR) is 154 cm³/mol. The fourth-order valence-corrected chi connectivity index (χ4v) is 4.35. The summed E-state index contributed by atoms with van der Waals surface area (Å²) in [6, 6.07) is 0.168. The largest absolute Gasteiger partial charge is 0.466 e. The second kappa shape index (κ2) is 18.8. The molecule has 1 saturated heterocycles. The summed E-state index contributed by atoms with van der Waals surface area (Å²) in [5.74, 6) is -0.0296. The van der Waals surface area contributed by atoms with E-state index in [1.165, 1.54) is 13.2 Å². The van der Waals surface area contributed by atoms with Crippen LogP contribution in [0.3, 0.4) is 0 Å². The van der Waals surface area contributed by atoms with E-state index < -0.39 is 5.97 Å². The van der Waals surface area contributed by atoms with Gasteiger partial charge in [-0.2, -0.15) is 0 Å². The molecule has 1 aliphatic heterocycles. The molecule has 0 radical (unpaired) electrons. The second-order valence-electron chi connectivity index (χ2n) is 9.47. The average molecular weight is 521 g/mol. The molecular formula is C32H44N2O4. The number of nitrogens with one attached hydrogen (secondary N) is 1. The maximum absolute atomic E-state index is 12.2. The molecule has 1 heterocycles. The van der Waals surface area contributed by atoms with Crippen LogP contribution in [0.5, 0.6) is 0 Å². The quantitative estimate of drug-likeness (QED) is 0.150. The number of rotatable bonds is 17. The number of methoxy groups -OCH3 is 1. The molecule has 0 spiro atoms. The van der Waals surface area contributed by atoms with Crippen molar-refractivity contribution in [1.82, 2.24) is 10.2 Å². The van der Waals surface area contributed by atoms with Crippen LogP contribution in [0.15, 0.2) is 85.1 Å². The number of fused-ring (bicyclic) bond motifs is 1. The lowest BCUT2D eigenvalue weighted by atomic mass is 10.2. The molecule has 0 aromatic carbocycles. The molecule has 0 aromatic heterocycles. The van der Waals surface area contributed by atoms with Crippen LogP contribution in [0.4, 0.5) is 0 Å². The van der Waals surface area contributed by atoms with Crippen molar-refractivity contribution >= 4 is 17.8 Å². The molecule has 2 amide bonds. The normalized spacial score (nSPS) is 21.3. The molecule has 6 nitrogen and oxygen atoms in total. The van der Waals surface area contributed by atoms with Gasteiger partial charge in [0.15, 0.2) is 0 Å². The average Bonchev–Trinajstić information content (AvgIpc) is 3.33. The van der Waals surface area contributed by atoms with Crippen molar-refractivity contribution in [3.63, 3.8) is 0 Å². The van der Waals surface area contributed by atoms with E-state index in [1.54, 1.807) is 4.90 Å². The van der Waals surface area contributed by atoms with Gasteiger partial charge in [-0.1, -0.05) is 79.8 Å². The van der Waals surface area contributed by atoms with Crippen molar-refractivity contribution in [2.45, 2.75) is 64.3 Å². The van der Waals surface area contributed by atoms with E-state index in [-0.39, 0.29) is 17.9 Å². The lowest BCUT2D eigenvalue weighted by molar-refractivity contribution is -0.135. The first-order valence-electron chi connectivity index (χ1n) is 13.8. The number of likely N-dealkylation sites (tertiary alicyclic amines) is 1. The monoisotopic (exact) mass is 520 g/mol. The second-order valence-corrected chi connectivity index (χ2v) is 9.47. The number of hydrogen-bond acceptors (Lipinski definition) is 4. The van der Waals surface area contributed by atoms with E-state index in [1.807, 2.05) is 0 Å². The van der Waals surface area contributed by atoms with Crippen LogP contribution in [-0.4, -0.2) is 48.9 Å². The maximum Gasteiger partial charge on any atom is 0.330 e. The van der Waals surface area contributed by atoms with Crippen LogP contribution in [0.2, 0.25) is 0 Å². The van der Waals surface area contributed by atoms with Gasteiger partial charge in [-0.05, 0) is 44.9 Å². The number of piperidine rings is 1. The van der Waals surface area contributed by atoms with Crippen LogP contribution in [0.25, 0.3) is 0 Å². The molecule has 206 valence electrons. The molecule has 6 heteroatoms. The number of allylic oxidation sites excluding steroid dienone is 12. The summed E-state index contributed by atoms with van der Waals surface area (Å²) >= 11 is 0. The van der Waals surface area contributed by atoms with Gasteiger partial charge in [0, 0.05) is 49.5 Å². The summed E-state index contributed by atoms with van der Waals surface area (Å²) in [4.78, 5) is 37.1. The minimum absolute atomic E-state index is 0.0624. The van der Waals surface area contributed by atoms with E-state index in [0.29, 0.717) is 31.3 Å². The summed E-state index contributed by atoms with van der Waals surface area (Å²) in [5, 5.41) is 3.10. The van der Waals surface area contributed by atoms with E-state index in [9.17, 15) is 14.4 Å². The van der Waals surface area contributed by atoms with E-state index in [0.717, 1.165) is 51.0 Å². The van der Waals surface area contributed by atoms with E-state index >= 15 is 0 Å². The van der Waals surface area contributed by atoms with E-state index in [4.69, 9.17) is 0 Å². The Kier molecular flexibility index (Phi) is 15.2. The summed E-state index contributed by atoms with van der Waals surface area (Å²) in [7, 11) is 1.28. The highest BCUT2D eigenvalue weighted by Gasteiger charge is 2.57. The van der Waals surface area contributed by atoms with Crippen molar-refractivity contribution in [2.75, 3.05) is 20.2 Å². The number of esters is 1.